The van der Waals surface area contributed by atoms with Crippen molar-refractivity contribution < 1.29 is 19.2 Å². The third-order valence-corrected chi connectivity index (χ3v) is 4.99. The van der Waals surface area contributed by atoms with E-state index in [0.717, 1.165) is 4.04 Å². The van der Waals surface area contributed by atoms with Crippen molar-refractivity contribution in [2.24, 2.45) is 0 Å². The summed E-state index contributed by atoms with van der Waals surface area (Å²) >= 11 is 3.47. The van der Waals surface area contributed by atoms with Gasteiger partial charge in [0.15, 0.2) is 0 Å². The van der Waals surface area contributed by atoms with Gasteiger partial charge in [0.2, 0.25) is 0 Å². The number of benzene rings is 4. The second-order valence-electron chi connectivity index (χ2n) is 5.91. The molecule has 0 saturated carbocycles. The Morgan fingerprint density at radius 2 is 0.840 bits per heavy atom. The molecule has 0 N–H and O–H groups in total. The molecule has 0 unspecified atom stereocenters. The molecule has 0 radical (unpaired) electrons. The van der Waals surface area contributed by atoms with Crippen LogP contribution < -0.4 is 4.04 Å². The molecule has 0 aliphatic carbocycles. The van der Waals surface area contributed by atoms with Gasteiger partial charge in [0.25, 0.3) is 0 Å². The van der Waals surface area contributed by atoms with Gasteiger partial charge >= 0.3 is 160 Å². The molecule has 0 amide bonds. The zero-order chi connectivity index (χ0) is 17.1. The summed E-state index contributed by atoms with van der Waals surface area (Å²) in [6.07, 6.45) is 0. The van der Waals surface area contributed by atoms with Gasteiger partial charge in [-0.3, -0.25) is 0 Å². The van der Waals surface area contributed by atoms with Crippen LogP contribution >= 0.6 is 0 Å². The molecule has 1 heteroatoms. The molecule has 0 spiro atoms. The van der Waals surface area contributed by atoms with Crippen LogP contribution in [-0.2, 0) is 19.2 Å². The third kappa shape index (κ3) is 3.22. The van der Waals surface area contributed by atoms with Crippen LogP contribution in [0.15, 0.2) is 103 Å². The fourth-order valence-electron chi connectivity index (χ4n) is 3.21. The topological polar surface area (TPSA) is 0 Å². The van der Waals surface area contributed by atoms with Crippen LogP contribution in [-0.4, -0.2) is 0 Å². The molecule has 0 atom stereocenters. The fourth-order valence-corrected chi connectivity index (χ4v) is 3.75. The van der Waals surface area contributed by atoms with Crippen LogP contribution in [0.4, 0.5) is 0 Å². The van der Waals surface area contributed by atoms with Crippen LogP contribution in [0.25, 0.3) is 33.4 Å². The molecule has 0 aliphatic heterocycles. The predicted molar refractivity (Wildman–Crippen MR) is 102 cm³/mol. The average molecular weight is 412 g/mol. The number of hydrogen-bond acceptors (Lipinski definition) is 0. The first-order valence-corrected chi connectivity index (χ1v) is 9.08. The van der Waals surface area contributed by atoms with Crippen molar-refractivity contribution in [3.05, 3.63) is 103 Å². The van der Waals surface area contributed by atoms with Crippen molar-refractivity contribution >= 4 is 4.04 Å². The van der Waals surface area contributed by atoms with Gasteiger partial charge in [0.1, 0.15) is 0 Å². The molecule has 4 rings (SSSR count). The summed E-state index contributed by atoms with van der Waals surface area (Å²) in [5.41, 5.74) is 7.45. The minimum atomic E-state index is 1.15. The fraction of sp³-hybridized carbons (Fsp3) is 0. The second-order valence-corrected chi connectivity index (χ2v) is 6.75. The van der Waals surface area contributed by atoms with Gasteiger partial charge < -0.3 is 0 Å². The van der Waals surface area contributed by atoms with E-state index < -0.39 is 0 Å². The van der Waals surface area contributed by atoms with Crippen molar-refractivity contribution in [1.82, 2.24) is 0 Å². The molecule has 0 bridgehead atoms. The summed E-state index contributed by atoms with van der Waals surface area (Å²) in [7, 11) is 0. The quantitative estimate of drug-likeness (QED) is 0.370. The molecule has 0 aliphatic rings. The van der Waals surface area contributed by atoms with Crippen LogP contribution in [0.2, 0.25) is 0 Å². The Balaban J connectivity index is 2.08. The van der Waals surface area contributed by atoms with E-state index in [2.05, 4.69) is 122 Å². The first-order chi connectivity index (χ1) is 12.3. The predicted octanol–water partition coefficient (Wildman–Crippen LogP) is 5.86. The molecule has 123 valence electrons. The Morgan fingerprint density at radius 1 is 0.400 bits per heavy atom. The maximum atomic E-state index is 3.47. The molecule has 4 aromatic carbocycles. The summed E-state index contributed by atoms with van der Waals surface area (Å²) in [5, 5.41) is 0. The Morgan fingerprint density at radius 3 is 1.36 bits per heavy atom. The van der Waals surface area contributed by atoms with E-state index >= 15 is 0 Å². The zero-order valence-electron chi connectivity index (χ0n) is 13.6. The third-order valence-electron chi connectivity index (χ3n) is 4.34. The van der Waals surface area contributed by atoms with Crippen LogP contribution in [0, 0.1) is 0 Å². The van der Waals surface area contributed by atoms with Crippen molar-refractivity contribution in [3.8, 4) is 33.4 Å². The molecule has 25 heavy (non-hydrogen) atoms. The summed E-state index contributed by atoms with van der Waals surface area (Å²) < 4.78 is 1.15. The van der Waals surface area contributed by atoms with E-state index in [1.54, 1.807) is 0 Å². The molecule has 0 fully saturated rings. The molecule has 0 nitrogen and oxygen atoms in total. The molecule has 0 saturated heterocycles. The molecule has 4 aromatic rings. The standard InChI is InChI=1S/C24H17.Pd/c1-4-11-19(12-5-1)22-17-10-18-23(20-13-6-2-7-14-20)24(22)21-15-8-3-9-16-21;/h1-17H;. The molecule has 0 aromatic heterocycles. The van der Waals surface area contributed by atoms with Crippen molar-refractivity contribution in [1.29, 1.82) is 0 Å². The van der Waals surface area contributed by atoms with Gasteiger partial charge in [-0.2, -0.15) is 0 Å². The van der Waals surface area contributed by atoms with E-state index in [9.17, 15) is 0 Å². The van der Waals surface area contributed by atoms with Crippen molar-refractivity contribution in [2.45, 2.75) is 0 Å². The van der Waals surface area contributed by atoms with Gasteiger partial charge in [0, 0.05) is 0 Å². The van der Waals surface area contributed by atoms with E-state index in [0.29, 0.717) is 0 Å². The molecular formula is C24H17Pd. The summed E-state index contributed by atoms with van der Waals surface area (Å²) in [6, 6.07) is 36.2. The maximum absolute atomic E-state index is 3.47. The molecule has 0 heterocycles. The molecular weight excluding hydrogens is 395 g/mol. The number of rotatable bonds is 3. The number of hydrogen-bond donors (Lipinski definition) is 0. The Hall–Kier alpha value is -2.46. The Kier molecular flexibility index (Phi) is 4.62. The van der Waals surface area contributed by atoms with Crippen LogP contribution in [0.5, 0.6) is 0 Å². The van der Waals surface area contributed by atoms with E-state index in [-0.39, 0.29) is 0 Å². The van der Waals surface area contributed by atoms with Crippen molar-refractivity contribution in [2.75, 3.05) is 0 Å². The van der Waals surface area contributed by atoms with Gasteiger partial charge in [-0.15, -0.1) is 0 Å². The van der Waals surface area contributed by atoms with Gasteiger partial charge in [-0.1, -0.05) is 0 Å². The Labute approximate surface area is 159 Å². The van der Waals surface area contributed by atoms with E-state index in [1.807, 2.05) is 0 Å². The normalized spacial score (nSPS) is 10.6. The van der Waals surface area contributed by atoms with Crippen molar-refractivity contribution in [3.63, 3.8) is 0 Å². The van der Waals surface area contributed by atoms with Crippen LogP contribution in [0.1, 0.15) is 0 Å². The monoisotopic (exact) mass is 411 g/mol. The zero-order valence-corrected chi connectivity index (χ0v) is 15.2. The first kappa shape index (κ1) is 16.0. The van der Waals surface area contributed by atoms with Gasteiger partial charge in [-0.25, -0.2) is 0 Å². The summed E-state index contributed by atoms with van der Waals surface area (Å²) in [5.74, 6) is 0. The van der Waals surface area contributed by atoms with Gasteiger partial charge in [0.05, 0.1) is 0 Å². The minimum absolute atomic E-state index is 1.15. The Bertz CT molecular complexity index is 974. The second kappa shape index (κ2) is 7.20. The van der Waals surface area contributed by atoms with Gasteiger partial charge in [-0.05, 0) is 0 Å². The SMILES string of the molecule is [Pd][c]1ccc(-c2ccccc2)c(-c2ccccc2)c1-c1ccccc1. The summed E-state index contributed by atoms with van der Waals surface area (Å²) in [6.45, 7) is 0. The first-order valence-electron chi connectivity index (χ1n) is 8.30. The summed E-state index contributed by atoms with van der Waals surface area (Å²) in [4.78, 5) is 0. The van der Waals surface area contributed by atoms with Crippen LogP contribution in [0.3, 0.4) is 0 Å². The van der Waals surface area contributed by atoms with E-state index in [1.165, 1.54) is 33.4 Å². The average Bonchev–Trinajstić information content (AvgIpc) is 2.70. The van der Waals surface area contributed by atoms with E-state index in [4.69, 9.17) is 0 Å².